The Morgan fingerprint density at radius 1 is 1.43 bits per heavy atom. The first-order chi connectivity index (χ1) is 6.61. The van der Waals surface area contributed by atoms with E-state index in [0.29, 0.717) is 5.69 Å². The zero-order valence-electron chi connectivity index (χ0n) is 7.60. The summed E-state index contributed by atoms with van der Waals surface area (Å²) in [6.07, 6.45) is 1.35. The molecule has 14 heavy (non-hydrogen) atoms. The van der Waals surface area contributed by atoms with Gasteiger partial charge in [0.2, 0.25) is 0 Å². The fourth-order valence-electron chi connectivity index (χ4n) is 1.10. The van der Waals surface area contributed by atoms with Crippen LogP contribution in [0.5, 0.6) is 0 Å². The van der Waals surface area contributed by atoms with Crippen molar-refractivity contribution < 1.29 is 8.42 Å². The Bertz CT molecular complexity index is 426. The molecule has 0 radical (unpaired) electrons. The minimum atomic E-state index is -3.31. The number of para-hydroxylation sites is 1. The molecule has 5 heteroatoms. The highest BCUT2D eigenvalue weighted by molar-refractivity contribution is 7.91. The Balaban J connectivity index is 3.24. The van der Waals surface area contributed by atoms with E-state index >= 15 is 0 Å². The van der Waals surface area contributed by atoms with Gasteiger partial charge in [-0.1, -0.05) is 18.2 Å². The number of hydrogen-bond acceptors (Lipinski definition) is 4. The molecule has 1 rings (SSSR count). The third kappa shape index (κ3) is 2.12. The first-order valence-corrected chi connectivity index (χ1v) is 5.66. The van der Waals surface area contributed by atoms with E-state index in [1.165, 1.54) is 12.1 Å². The summed E-state index contributed by atoms with van der Waals surface area (Å²) in [5.74, 6) is 5.11. The fourth-order valence-corrected chi connectivity index (χ4v) is 2.34. The molecule has 0 aliphatic heterocycles. The molecule has 0 saturated carbocycles. The lowest BCUT2D eigenvalue weighted by atomic mass is 10.3. The van der Waals surface area contributed by atoms with Gasteiger partial charge in [0.05, 0.1) is 16.3 Å². The van der Waals surface area contributed by atoms with Crippen LogP contribution in [0.2, 0.25) is 0 Å². The molecule has 1 aromatic carbocycles. The molecule has 0 bridgehead atoms. The Kier molecular flexibility index (Phi) is 3.27. The van der Waals surface area contributed by atoms with Crippen LogP contribution in [0, 0.1) is 0 Å². The lowest BCUT2D eigenvalue weighted by Gasteiger charge is -2.07. The van der Waals surface area contributed by atoms with Gasteiger partial charge >= 0.3 is 0 Å². The first-order valence-electron chi connectivity index (χ1n) is 4.01. The van der Waals surface area contributed by atoms with Crippen molar-refractivity contribution in [3.8, 4) is 0 Å². The largest absolute Gasteiger partial charge is 0.323 e. The summed E-state index contributed by atoms with van der Waals surface area (Å²) < 4.78 is 23.3. The van der Waals surface area contributed by atoms with Crippen molar-refractivity contribution in [1.29, 1.82) is 0 Å². The predicted octanol–water partition coefficient (Wildman–Crippen LogP) is 0.932. The maximum atomic E-state index is 11.6. The van der Waals surface area contributed by atoms with Crippen LogP contribution >= 0.6 is 0 Å². The van der Waals surface area contributed by atoms with Crippen LogP contribution in [0.25, 0.3) is 0 Å². The van der Waals surface area contributed by atoms with E-state index in [-0.39, 0.29) is 10.6 Å². The minimum absolute atomic E-state index is 0.0916. The average molecular weight is 212 g/mol. The molecular weight excluding hydrogens is 200 g/mol. The van der Waals surface area contributed by atoms with Crippen molar-refractivity contribution in [1.82, 2.24) is 0 Å². The summed E-state index contributed by atoms with van der Waals surface area (Å²) in [4.78, 5) is 0.197. The molecule has 0 saturated heterocycles. The fraction of sp³-hybridized carbons (Fsp3) is 0.111. The molecule has 0 aliphatic carbocycles. The number of anilines is 1. The Hall–Kier alpha value is -1.33. The highest BCUT2D eigenvalue weighted by Crippen LogP contribution is 2.20. The topological polar surface area (TPSA) is 72.2 Å². The van der Waals surface area contributed by atoms with Crippen LogP contribution in [0.3, 0.4) is 0 Å². The highest BCUT2D eigenvalue weighted by atomic mass is 32.2. The molecule has 0 fully saturated rings. The summed E-state index contributed by atoms with van der Waals surface area (Å²) in [5, 5.41) is 0. The lowest BCUT2D eigenvalue weighted by Crippen LogP contribution is -2.13. The van der Waals surface area contributed by atoms with Crippen LogP contribution in [-0.4, -0.2) is 14.2 Å². The van der Waals surface area contributed by atoms with Gasteiger partial charge in [-0.3, -0.25) is 5.84 Å². The van der Waals surface area contributed by atoms with Gasteiger partial charge in [0.15, 0.2) is 9.84 Å². The van der Waals surface area contributed by atoms with E-state index in [2.05, 4.69) is 12.0 Å². The van der Waals surface area contributed by atoms with E-state index in [4.69, 9.17) is 5.84 Å². The van der Waals surface area contributed by atoms with Crippen LogP contribution in [0.15, 0.2) is 41.8 Å². The second kappa shape index (κ2) is 4.26. The Labute approximate surface area is 83.3 Å². The molecule has 0 amide bonds. The molecule has 0 aromatic heterocycles. The molecule has 0 aliphatic rings. The van der Waals surface area contributed by atoms with Gasteiger partial charge in [-0.25, -0.2) is 8.42 Å². The maximum absolute atomic E-state index is 11.6. The number of hydrazine groups is 1. The van der Waals surface area contributed by atoms with Gasteiger partial charge in [-0.15, -0.1) is 6.58 Å². The molecule has 76 valence electrons. The number of sulfone groups is 1. The summed E-state index contributed by atoms with van der Waals surface area (Å²) >= 11 is 0. The molecule has 0 spiro atoms. The van der Waals surface area contributed by atoms with Gasteiger partial charge in [-0.05, 0) is 12.1 Å². The monoisotopic (exact) mass is 212 g/mol. The molecule has 0 heterocycles. The molecule has 1 aromatic rings. The van der Waals surface area contributed by atoms with E-state index in [1.54, 1.807) is 18.2 Å². The van der Waals surface area contributed by atoms with E-state index in [0.717, 1.165) is 0 Å². The van der Waals surface area contributed by atoms with Gasteiger partial charge in [0, 0.05) is 0 Å². The minimum Gasteiger partial charge on any atom is -0.323 e. The average Bonchev–Trinajstić information content (AvgIpc) is 2.18. The summed E-state index contributed by atoms with van der Waals surface area (Å²) in [7, 11) is -3.31. The Morgan fingerprint density at radius 2 is 2.07 bits per heavy atom. The van der Waals surface area contributed by atoms with Crippen LogP contribution in [0.4, 0.5) is 5.69 Å². The number of nitrogen functional groups attached to an aromatic ring is 1. The number of rotatable bonds is 4. The predicted molar refractivity (Wildman–Crippen MR) is 56.5 cm³/mol. The normalized spacial score (nSPS) is 10.9. The zero-order chi connectivity index (χ0) is 10.6. The molecule has 3 N–H and O–H groups in total. The van der Waals surface area contributed by atoms with Crippen LogP contribution < -0.4 is 11.3 Å². The van der Waals surface area contributed by atoms with Crippen molar-refractivity contribution in [2.75, 3.05) is 11.2 Å². The summed E-state index contributed by atoms with van der Waals surface area (Å²) in [5.41, 5.74) is 2.74. The maximum Gasteiger partial charge on any atom is 0.183 e. The van der Waals surface area contributed by atoms with E-state index in [9.17, 15) is 8.42 Å². The van der Waals surface area contributed by atoms with Gasteiger partial charge in [0.1, 0.15) is 0 Å². The quantitative estimate of drug-likeness (QED) is 0.442. The van der Waals surface area contributed by atoms with E-state index < -0.39 is 9.84 Å². The van der Waals surface area contributed by atoms with Gasteiger partial charge in [-0.2, -0.15) is 0 Å². The van der Waals surface area contributed by atoms with Crippen molar-refractivity contribution in [3.63, 3.8) is 0 Å². The van der Waals surface area contributed by atoms with Gasteiger partial charge < -0.3 is 5.43 Å². The summed E-state index contributed by atoms with van der Waals surface area (Å²) in [6, 6.07) is 6.48. The lowest BCUT2D eigenvalue weighted by molar-refractivity contribution is 0.599. The molecule has 0 unspecified atom stereocenters. The molecule has 0 atom stereocenters. The third-order valence-corrected chi connectivity index (χ3v) is 3.42. The zero-order valence-corrected chi connectivity index (χ0v) is 8.42. The SMILES string of the molecule is C=CCS(=O)(=O)c1ccccc1NN. The first kappa shape index (κ1) is 10.7. The van der Waals surface area contributed by atoms with Crippen LogP contribution in [0.1, 0.15) is 0 Å². The van der Waals surface area contributed by atoms with Crippen molar-refractivity contribution >= 4 is 15.5 Å². The second-order valence-electron chi connectivity index (χ2n) is 2.71. The Morgan fingerprint density at radius 3 is 2.64 bits per heavy atom. The summed E-state index contributed by atoms with van der Waals surface area (Å²) in [6.45, 7) is 3.40. The number of nitrogens with two attached hydrogens (primary N) is 1. The highest BCUT2D eigenvalue weighted by Gasteiger charge is 2.15. The van der Waals surface area contributed by atoms with Crippen LogP contribution in [-0.2, 0) is 9.84 Å². The number of nitrogens with one attached hydrogen (secondary N) is 1. The van der Waals surface area contributed by atoms with Crippen molar-refractivity contribution in [3.05, 3.63) is 36.9 Å². The van der Waals surface area contributed by atoms with Gasteiger partial charge in [0.25, 0.3) is 0 Å². The standard InChI is InChI=1S/C9H12N2O2S/c1-2-7-14(12,13)9-6-4-3-5-8(9)11-10/h2-6,11H,1,7,10H2. The molecular formula is C9H12N2O2S. The third-order valence-electron chi connectivity index (χ3n) is 1.71. The molecule has 4 nitrogen and oxygen atoms in total. The van der Waals surface area contributed by atoms with E-state index in [1.807, 2.05) is 0 Å². The van der Waals surface area contributed by atoms with Crippen molar-refractivity contribution in [2.45, 2.75) is 4.90 Å². The number of hydrogen-bond donors (Lipinski definition) is 2. The second-order valence-corrected chi connectivity index (χ2v) is 4.71. The number of benzene rings is 1. The van der Waals surface area contributed by atoms with Crippen molar-refractivity contribution in [2.24, 2.45) is 5.84 Å². The smallest absolute Gasteiger partial charge is 0.183 e.